The molecule has 0 bridgehead atoms. The van der Waals surface area contributed by atoms with Crippen molar-refractivity contribution >= 4 is 118 Å². The number of primary amides is 3. The van der Waals surface area contributed by atoms with Crippen molar-refractivity contribution in [2.24, 2.45) is 73.2 Å². The number of nitrogens with zero attached hydrogens (tertiary/aromatic N) is 2. The number of carbonyl (C=O) groups excluding carboxylic acids is 18. The first-order valence-corrected chi connectivity index (χ1v) is 41.8. The van der Waals surface area contributed by atoms with Crippen LogP contribution in [0, 0.1) is 11.7 Å². The van der Waals surface area contributed by atoms with Crippen molar-refractivity contribution in [2.75, 3.05) is 59.0 Å². The average molecular weight is 1810 g/mol. The number of rotatable bonds is 63. The SMILES string of the molecule is CC(C)C[C@H](NC(=O)[C@H](CCCCN)NC(=O)[C@H](CCCN=C(N)N)NC(=O)[C@H](C)NC(=O)[C@H](CO)NC(=O)[C@H](CCCCN)NC(=O)[C@H](CCCN=C(N)N)NC(=O)[C@H](C)NC(=O)CNC(=O)[C@@H](NC(=O)[C@H](Cc1ccc(F)cc1)NC(=O)CNC(=O)CNC[C@@H](N)Cc1ccccc1)[C@@H](C)O)C(=O)N[C@@H](C)C(=O)N[C@@H](CC(N)=O)C(=O)N[C@@H](CCC(N)=O)C(N)=O. The summed E-state index contributed by atoms with van der Waals surface area (Å²) in [5.41, 5.74) is 57.1. The molecule has 0 spiro atoms. The number of unbranched alkanes of at least 4 members (excludes halogenated alkanes) is 2. The zero-order valence-corrected chi connectivity index (χ0v) is 72.9. The van der Waals surface area contributed by atoms with E-state index in [1.165, 1.54) is 32.9 Å². The Morgan fingerprint density at radius 3 is 1.25 bits per heavy atom. The molecule has 48 nitrogen and oxygen atoms in total. The summed E-state index contributed by atoms with van der Waals surface area (Å²) in [6, 6.07) is -6.31. The van der Waals surface area contributed by atoms with Crippen LogP contribution in [0.1, 0.15) is 143 Å². The highest BCUT2D eigenvalue weighted by Gasteiger charge is 2.37. The van der Waals surface area contributed by atoms with Crippen molar-refractivity contribution in [1.82, 2.24) is 85.1 Å². The maximum absolute atomic E-state index is 14.4. The minimum atomic E-state index is -1.85. The predicted octanol–water partition coefficient (Wildman–Crippen LogP) is -11.5. The maximum atomic E-state index is 14.4. The molecule has 2 aromatic rings. The fraction of sp³-hybridized carbons (Fsp3) is 0.595. The van der Waals surface area contributed by atoms with Gasteiger partial charge in [0.2, 0.25) is 106 Å². The fourth-order valence-corrected chi connectivity index (χ4v) is 12.2. The number of benzene rings is 2. The molecule has 714 valence electrons. The van der Waals surface area contributed by atoms with Crippen LogP contribution in [-0.4, -0.2) is 278 Å². The highest BCUT2D eigenvalue weighted by Crippen LogP contribution is 2.14. The average Bonchev–Trinajstić information content (AvgIpc) is 0.856. The van der Waals surface area contributed by atoms with E-state index in [1.54, 1.807) is 13.8 Å². The Hall–Kier alpha value is -12.9. The van der Waals surface area contributed by atoms with E-state index in [1.807, 2.05) is 30.3 Å². The van der Waals surface area contributed by atoms with Gasteiger partial charge in [0.1, 0.15) is 84.4 Å². The molecule has 0 unspecified atom stereocenters. The fourth-order valence-electron chi connectivity index (χ4n) is 12.2. The molecule has 0 heterocycles. The second-order valence-electron chi connectivity index (χ2n) is 30.8. The molecule has 0 aliphatic rings. The van der Waals surface area contributed by atoms with Gasteiger partial charge in [-0.05, 0) is 153 Å². The minimum absolute atomic E-state index is 0.0188. The second-order valence-corrected chi connectivity index (χ2v) is 30.8. The molecule has 0 saturated carbocycles. The third kappa shape index (κ3) is 45.9. The number of carbonyl (C=O) groups is 18. The second kappa shape index (κ2) is 59.9. The summed E-state index contributed by atoms with van der Waals surface area (Å²) in [6.07, 6.45) is -2.53. The molecule has 0 aliphatic carbocycles. The Morgan fingerprint density at radius 2 is 0.797 bits per heavy atom. The lowest BCUT2D eigenvalue weighted by Gasteiger charge is -2.28. The lowest BCUT2D eigenvalue weighted by molar-refractivity contribution is -0.136. The summed E-state index contributed by atoms with van der Waals surface area (Å²) in [6.45, 7) is 5.73. The van der Waals surface area contributed by atoms with Crippen LogP contribution in [-0.2, 0) is 99.1 Å². The van der Waals surface area contributed by atoms with Crippen molar-refractivity contribution < 1.29 is 101 Å². The number of guanidine groups is 2. The van der Waals surface area contributed by atoms with Gasteiger partial charge < -0.3 is 153 Å². The number of nitrogens with one attached hydrogen (secondary N) is 16. The van der Waals surface area contributed by atoms with Gasteiger partial charge in [0.25, 0.3) is 0 Å². The quantitative estimate of drug-likeness (QED) is 0.0166. The lowest BCUT2D eigenvalue weighted by atomic mass is 10.0. The van der Waals surface area contributed by atoms with Crippen LogP contribution in [0.25, 0.3) is 0 Å². The summed E-state index contributed by atoms with van der Waals surface area (Å²) < 4.78 is 13.9. The van der Waals surface area contributed by atoms with Crippen molar-refractivity contribution in [3.8, 4) is 0 Å². The van der Waals surface area contributed by atoms with Crippen LogP contribution in [0.3, 0.4) is 0 Å². The van der Waals surface area contributed by atoms with Crippen molar-refractivity contribution in [2.45, 2.75) is 235 Å². The first-order chi connectivity index (χ1) is 60.4. The summed E-state index contributed by atoms with van der Waals surface area (Å²) in [5.74, 6) is -19.3. The number of hydrogen-bond donors (Lipinski definition) is 28. The topological polar surface area (TPSA) is 825 Å². The molecule has 2 rings (SSSR count). The first kappa shape index (κ1) is 111. The van der Waals surface area contributed by atoms with E-state index in [9.17, 15) is 101 Å². The van der Waals surface area contributed by atoms with E-state index in [0.29, 0.717) is 24.8 Å². The number of aliphatic hydroxyl groups excluding tert-OH is 2. The molecular formula is C79H131FN28O20. The Labute approximate surface area is 740 Å². The predicted molar refractivity (Wildman–Crippen MR) is 465 cm³/mol. The lowest BCUT2D eigenvalue weighted by Crippen LogP contribution is -2.60. The van der Waals surface area contributed by atoms with Gasteiger partial charge in [-0.25, -0.2) is 4.39 Å². The molecule has 0 aromatic heterocycles. The molecule has 0 aliphatic heterocycles. The van der Waals surface area contributed by atoms with E-state index in [-0.39, 0.29) is 140 Å². The van der Waals surface area contributed by atoms with E-state index in [0.717, 1.165) is 24.6 Å². The molecule has 2 aromatic carbocycles. The van der Waals surface area contributed by atoms with Gasteiger partial charge in [-0.1, -0.05) is 56.3 Å². The zero-order valence-electron chi connectivity index (χ0n) is 72.9. The number of aliphatic hydroxyl groups is 2. The van der Waals surface area contributed by atoms with Gasteiger partial charge in [-0.3, -0.25) is 96.3 Å². The van der Waals surface area contributed by atoms with Gasteiger partial charge in [0.05, 0.1) is 38.8 Å². The maximum Gasteiger partial charge on any atom is 0.245 e. The highest BCUT2D eigenvalue weighted by atomic mass is 19.1. The molecule has 49 heteroatoms. The molecule has 0 fully saturated rings. The standard InChI is InChI=1S/C79H131FN28O20/c1-41(2)32-55(73(124)97-44(5)68(119)105-57(35-60(85)112)74(125)100-50(65(86)116)26-27-59(84)111)106-71(122)51(18-10-12-28-81)103-70(121)54(21-15-31-93-79(89)90)102-67(118)43(4)98-76(127)58(40-109)107-72(123)52(19-11-13-29-82)104-69(120)53(20-14-30-92-78(87)88)101-66(117)42(3)96-62(114)39-95-77(128)64(45(6)110)108-75(126)56(34-47-22-24-48(80)25-23-47)99-63(115)38-94-61(113)37-91-36-49(83)33-46-16-8-7-9-17-46/h7-9,16-17,22-25,41-45,49-58,64,91,109-110H,10-15,18-21,26-40,81-83H2,1-6H3,(H2,84,111)(H2,85,112)(H2,86,116)(H,94,113)(H,95,128)(H,96,114)(H,97,124)(H,98,127)(H,99,115)(H,100,125)(H,101,117)(H,102,118)(H,103,121)(H,104,120)(H,105,119)(H,106,122)(H,107,123)(H,108,126)(H4,87,88,92)(H4,89,90,93)/t42-,43-,44-,45+,49-,50-,51-,52-,53-,54-,55-,56-,57-,58-,64-/m0/s1. The van der Waals surface area contributed by atoms with Crippen molar-refractivity contribution in [3.63, 3.8) is 0 Å². The van der Waals surface area contributed by atoms with E-state index < -0.39 is 223 Å². The third-order valence-corrected chi connectivity index (χ3v) is 19.1. The van der Waals surface area contributed by atoms with Crippen molar-refractivity contribution in [1.29, 1.82) is 0 Å². The van der Waals surface area contributed by atoms with Gasteiger partial charge in [-0.15, -0.1) is 0 Å². The highest BCUT2D eigenvalue weighted by molar-refractivity contribution is 6.01. The largest absolute Gasteiger partial charge is 0.394 e. The minimum Gasteiger partial charge on any atom is -0.394 e. The smallest absolute Gasteiger partial charge is 0.245 e. The zero-order chi connectivity index (χ0) is 96.3. The monoisotopic (exact) mass is 1810 g/mol. The number of aliphatic imine (C=N–C) groups is 2. The Morgan fingerprint density at radius 1 is 0.391 bits per heavy atom. The molecule has 0 radical (unpaired) electrons. The van der Waals surface area contributed by atoms with Gasteiger partial charge in [0.15, 0.2) is 11.9 Å². The molecule has 128 heavy (non-hydrogen) atoms. The molecule has 38 N–H and O–H groups in total. The van der Waals surface area contributed by atoms with Gasteiger partial charge >= 0.3 is 0 Å². The summed E-state index contributed by atoms with van der Waals surface area (Å²) in [5, 5.41) is 60.4. The Bertz CT molecular complexity index is 4070. The Balaban J connectivity index is 2.31. The van der Waals surface area contributed by atoms with Gasteiger partial charge in [-0.2, -0.15) is 0 Å². The normalized spacial score (nSPS) is 14.5. The molecule has 0 saturated heterocycles. The van der Waals surface area contributed by atoms with Crippen LogP contribution >= 0.6 is 0 Å². The molecular weight excluding hydrogens is 1680 g/mol. The van der Waals surface area contributed by atoms with E-state index in [4.69, 9.17) is 57.3 Å². The van der Waals surface area contributed by atoms with E-state index >= 15 is 0 Å². The van der Waals surface area contributed by atoms with Crippen LogP contribution < -0.4 is 142 Å². The van der Waals surface area contributed by atoms with Crippen LogP contribution in [0.5, 0.6) is 0 Å². The first-order valence-electron chi connectivity index (χ1n) is 41.8. The van der Waals surface area contributed by atoms with Crippen LogP contribution in [0.2, 0.25) is 0 Å². The molecule has 15 atom stereocenters. The van der Waals surface area contributed by atoms with Crippen molar-refractivity contribution in [3.05, 3.63) is 71.5 Å². The summed E-state index contributed by atoms with van der Waals surface area (Å²) in [7, 11) is 0. The van der Waals surface area contributed by atoms with Gasteiger partial charge in [0, 0.05) is 38.5 Å². The Kier molecular flexibility index (Phi) is 52.1. The molecule has 18 amide bonds. The van der Waals surface area contributed by atoms with Crippen LogP contribution in [0.15, 0.2) is 64.6 Å². The van der Waals surface area contributed by atoms with Crippen LogP contribution in [0.4, 0.5) is 4.39 Å². The summed E-state index contributed by atoms with van der Waals surface area (Å²) in [4.78, 5) is 250. The number of halogens is 1. The summed E-state index contributed by atoms with van der Waals surface area (Å²) >= 11 is 0. The number of hydrogen-bond acceptors (Lipinski definition) is 26. The number of amides is 18. The number of nitrogens with two attached hydrogens (primary N) is 10. The third-order valence-electron chi connectivity index (χ3n) is 19.1. The van der Waals surface area contributed by atoms with E-state index in [2.05, 4.69) is 95.1 Å².